The number of hydrogen-bond donors (Lipinski definition) is 0. The van der Waals surface area contributed by atoms with Crippen LogP contribution in [-0.4, -0.2) is 66.9 Å². The van der Waals surface area contributed by atoms with Gasteiger partial charge in [-0.1, -0.05) is 29.8 Å². The standard InChI is InChI=1S/C26H26BrClFN5O6S/c27-21-6-1-3-18(23(21)34(36)37)15-41(38,39)32-11-9-31(10-12-32)22-14-30-33(20-5-2-4-19(28)13-20)25(35)24(22)40-17-26(16-29)7-8-26/h1-6,13-14H,7-12,15-17H2. The van der Waals surface area contributed by atoms with E-state index in [1.54, 1.807) is 35.2 Å². The number of ether oxygens (including phenoxy) is 1. The number of sulfonamides is 1. The number of nitrogens with zero attached hydrogens (tertiary/aromatic N) is 5. The van der Waals surface area contributed by atoms with Crippen molar-refractivity contribution in [1.29, 1.82) is 0 Å². The molecule has 218 valence electrons. The Morgan fingerprint density at radius 2 is 1.85 bits per heavy atom. The van der Waals surface area contributed by atoms with Crippen LogP contribution in [0.1, 0.15) is 18.4 Å². The lowest BCUT2D eigenvalue weighted by Gasteiger charge is -2.35. The Kier molecular flexibility index (Phi) is 8.37. The van der Waals surface area contributed by atoms with Gasteiger partial charge in [0.15, 0.2) is 0 Å². The molecule has 0 spiro atoms. The molecule has 0 radical (unpaired) electrons. The second kappa shape index (κ2) is 11.7. The number of aromatic nitrogens is 2. The number of benzene rings is 2. The predicted octanol–water partition coefficient (Wildman–Crippen LogP) is 4.34. The highest BCUT2D eigenvalue weighted by Crippen LogP contribution is 2.46. The van der Waals surface area contributed by atoms with Crippen molar-refractivity contribution in [3.8, 4) is 11.4 Å². The summed E-state index contributed by atoms with van der Waals surface area (Å²) in [4.78, 5) is 26.3. The minimum Gasteiger partial charge on any atom is -0.486 e. The van der Waals surface area contributed by atoms with E-state index in [9.17, 15) is 27.7 Å². The first-order chi connectivity index (χ1) is 19.5. The van der Waals surface area contributed by atoms with E-state index in [1.165, 1.54) is 22.6 Å². The number of halogens is 3. The molecule has 0 bridgehead atoms. The van der Waals surface area contributed by atoms with E-state index < -0.39 is 38.3 Å². The molecule has 1 aliphatic heterocycles. The molecule has 1 saturated heterocycles. The van der Waals surface area contributed by atoms with Crippen LogP contribution in [0.2, 0.25) is 5.02 Å². The fourth-order valence-corrected chi connectivity index (χ4v) is 6.94. The number of rotatable bonds is 10. The molecule has 0 N–H and O–H groups in total. The number of nitro groups is 1. The SMILES string of the molecule is O=c1c(OCC2(CF)CC2)c(N2CCN(S(=O)(=O)Cc3cccc(Br)c3[N+](=O)[O-])CC2)cnn1-c1cccc(Cl)c1. The van der Waals surface area contributed by atoms with Gasteiger partial charge in [0.1, 0.15) is 5.69 Å². The summed E-state index contributed by atoms with van der Waals surface area (Å²) in [6.07, 6.45) is 2.81. The minimum absolute atomic E-state index is 0.000711. The second-order valence-corrected chi connectivity index (χ2v) is 13.4. The fraction of sp³-hybridized carbons (Fsp3) is 0.385. The maximum atomic E-state index is 13.6. The first-order valence-corrected chi connectivity index (χ1v) is 15.5. The first-order valence-electron chi connectivity index (χ1n) is 12.8. The van der Waals surface area contributed by atoms with Gasteiger partial charge in [0.25, 0.3) is 5.69 Å². The molecule has 1 aromatic heterocycles. The van der Waals surface area contributed by atoms with E-state index in [2.05, 4.69) is 21.0 Å². The molecule has 0 unspecified atom stereocenters. The third-order valence-electron chi connectivity index (χ3n) is 7.29. The Balaban J connectivity index is 1.38. The van der Waals surface area contributed by atoms with Crippen LogP contribution in [0.5, 0.6) is 5.75 Å². The Morgan fingerprint density at radius 3 is 2.49 bits per heavy atom. The third kappa shape index (κ3) is 6.25. The highest BCUT2D eigenvalue weighted by atomic mass is 79.9. The summed E-state index contributed by atoms with van der Waals surface area (Å²) >= 11 is 9.23. The van der Waals surface area contributed by atoms with Gasteiger partial charge in [-0.05, 0) is 53.0 Å². The van der Waals surface area contributed by atoms with Gasteiger partial charge in [-0.3, -0.25) is 19.3 Å². The molecule has 3 aromatic rings. The number of hydrogen-bond acceptors (Lipinski definition) is 8. The molecule has 2 fully saturated rings. The zero-order valence-corrected chi connectivity index (χ0v) is 24.9. The lowest BCUT2D eigenvalue weighted by atomic mass is 10.1. The molecule has 1 aliphatic carbocycles. The summed E-state index contributed by atoms with van der Waals surface area (Å²) < 4.78 is 48.6. The van der Waals surface area contributed by atoms with Crippen molar-refractivity contribution < 1.29 is 22.5 Å². The molecule has 2 aliphatic rings. The van der Waals surface area contributed by atoms with Gasteiger partial charge in [-0.25, -0.2) is 8.42 Å². The Hall–Kier alpha value is -3.07. The molecule has 0 amide bonds. The van der Waals surface area contributed by atoms with E-state index in [-0.39, 0.29) is 54.3 Å². The van der Waals surface area contributed by atoms with Crippen molar-refractivity contribution in [2.24, 2.45) is 5.41 Å². The van der Waals surface area contributed by atoms with Gasteiger partial charge < -0.3 is 9.64 Å². The van der Waals surface area contributed by atoms with Crippen molar-refractivity contribution in [3.63, 3.8) is 0 Å². The molecular formula is C26H26BrClFN5O6S. The molecule has 0 atom stereocenters. The second-order valence-electron chi connectivity index (χ2n) is 10.1. The molecule has 2 heterocycles. The van der Waals surface area contributed by atoms with Gasteiger partial charge in [-0.15, -0.1) is 0 Å². The number of piperazine rings is 1. The summed E-state index contributed by atoms with van der Waals surface area (Å²) in [6.45, 7) is 0.0673. The molecule has 41 heavy (non-hydrogen) atoms. The molecule has 5 rings (SSSR count). The monoisotopic (exact) mass is 669 g/mol. The Labute approximate surface area is 248 Å². The van der Waals surface area contributed by atoms with Crippen LogP contribution in [0.4, 0.5) is 15.8 Å². The minimum atomic E-state index is -3.89. The summed E-state index contributed by atoms with van der Waals surface area (Å²) in [5, 5.41) is 16.3. The lowest BCUT2D eigenvalue weighted by molar-refractivity contribution is -0.386. The molecule has 1 saturated carbocycles. The quantitative estimate of drug-likeness (QED) is 0.230. The van der Waals surface area contributed by atoms with Crippen LogP contribution >= 0.6 is 27.5 Å². The summed E-state index contributed by atoms with van der Waals surface area (Å²) in [7, 11) is -3.89. The average Bonchev–Trinajstić information content (AvgIpc) is 3.72. The maximum Gasteiger partial charge on any atom is 0.316 e. The van der Waals surface area contributed by atoms with E-state index in [0.29, 0.717) is 29.2 Å². The number of anilines is 1. The van der Waals surface area contributed by atoms with Crippen molar-refractivity contribution in [1.82, 2.24) is 14.1 Å². The van der Waals surface area contributed by atoms with Gasteiger partial charge in [0.2, 0.25) is 15.8 Å². The lowest BCUT2D eigenvalue weighted by Crippen LogP contribution is -2.49. The van der Waals surface area contributed by atoms with Gasteiger partial charge >= 0.3 is 5.56 Å². The zero-order valence-electron chi connectivity index (χ0n) is 21.7. The van der Waals surface area contributed by atoms with Crippen LogP contribution in [0.25, 0.3) is 5.69 Å². The molecular weight excluding hydrogens is 645 g/mol. The maximum absolute atomic E-state index is 13.6. The van der Waals surface area contributed by atoms with Crippen molar-refractivity contribution in [3.05, 3.63) is 84.2 Å². The van der Waals surface area contributed by atoms with Gasteiger partial charge in [0.05, 0.1) is 40.3 Å². The molecule has 2 aromatic carbocycles. The number of nitro benzene ring substituents is 1. The zero-order chi connectivity index (χ0) is 29.4. The smallest absolute Gasteiger partial charge is 0.316 e. The topological polar surface area (TPSA) is 128 Å². The predicted molar refractivity (Wildman–Crippen MR) is 155 cm³/mol. The average molecular weight is 671 g/mol. The van der Waals surface area contributed by atoms with Crippen molar-refractivity contribution in [2.45, 2.75) is 18.6 Å². The normalized spacial score (nSPS) is 16.9. The Morgan fingerprint density at radius 1 is 1.15 bits per heavy atom. The Bertz CT molecular complexity index is 1640. The third-order valence-corrected chi connectivity index (χ3v) is 10.00. The first kappa shape index (κ1) is 29.4. The van der Waals surface area contributed by atoms with Crippen LogP contribution < -0.4 is 15.2 Å². The number of para-hydroxylation sites is 1. The van der Waals surface area contributed by atoms with Gasteiger partial charge in [0, 0.05) is 42.2 Å². The van der Waals surface area contributed by atoms with E-state index in [1.807, 2.05) is 0 Å². The van der Waals surface area contributed by atoms with E-state index in [0.717, 1.165) is 4.68 Å². The number of alkyl halides is 1. The van der Waals surface area contributed by atoms with Crippen LogP contribution in [-0.2, 0) is 15.8 Å². The van der Waals surface area contributed by atoms with Gasteiger partial charge in [-0.2, -0.15) is 14.1 Å². The molecule has 15 heteroatoms. The highest BCUT2D eigenvalue weighted by Gasteiger charge is 2.44. The van der Waals surface area contributed by atoms with Crippen LogP contribution in [0, 0.1) is 15.5 Å². The largest absolute Gasteiger partial charge is 0.486 e. The van der Waals surface area contributed by atoms with Crippen LogP contribution in [0.15, 0.2) is 57.9 Å². The van der Waals surface area contributed by atoms with Crippen molar-refractivity contribution in [2.75, 3.05) is 44.4 Å². The fourth-order valence-electron chi connectivity index (χ4n) is 4.68. The highest BCUT2D eigenvalue weighted by molar-refractivity contribution is 9.10. The summed E-state index contributed by atoms with van der Waals surface area (Å²) in [5.74, 6) is -0.527. The summed E-state index contributed by atoms with van der Waals surface area (Å²) in [5.41, 5.74) is -0.541. The summed E-state index contributed by atoms with van der Waals surface area (Å²) in [6, 6.07) is 11.1. The van der Waals surface area contributed by atoms with E-state index >= 15 is 0 Å². The van der Waals surface area contributed by atoms with Crippen LogP contribution in [0.3, 0.4) is 0 Å². The van der Waals surface area contributed by atoms with Crippen molar-refractivity contribution >= 4 is 48.9 Å². The van der Waals surface area contributed by atoms with E-state index in [4.69, 9.17) is 16.3 Å². The molecule has 11 nitrogen and oxygen atoms in total.